The van der Waals surface area contributed by atoms with Crippen LogP contribution < -0.4 is 10.6 Å². The molecule has 4 rings (SSSR count). The summed E-state index contributed by atoms with van der Waals surface area (Å²) in [5.41, 5.74) is 4.02. The zero-order valence-corrected chi connectivity index (χ0v) is 16.0. The highest BCUT2D eigenvalue weighted by molar-refractivity contribution is 6.08. The third-order valence-corrected chi connectivity index (χ3v) is 5.02. The van der Waals surface area contributed by atoms with Crippen LogP contribution in [0, 0.1) is 13.8 Å². The van der Waals surface area contributed by atoms with Gasteiger partial charge in [-0.3, -0.25) is 4.79 Å². The van der Waals surface area contributed by atoms with Gasteiger partial charge in [-0.1, -0.05) is 36.4 Å². The summed E-state index contributed by atoms with van der Waals surface area (Å²) in [6.45, 7) is 3.98. The fourth-order valence-electron chi connectivity index (χ4n) is 3.29. The van der Waals surface area contributed by atoms with Crippen molar-refractivity contribution in [2.45, 2.75) is 19.9 Å². The maximum Gasteiger partial charge on any atom is 0.352 e. The van der Waals surface area contributed by atoms with E-state index in [-0.39, 0.29) is 17.2 Å². The second kappa shape index (κ2) is 7.27. The minimum atomic E-state index is -1.10. The molecule has 0 saturated carbocycles. The first-order valence-electron chi connectivity index (χ1n) is 9.17. The van der Waals surface area contributed by atoms with E-state index in [2.05, 4.69) is 15.7 Å². The number of nitrogens with zero attached hydrogens (tertiary/aromatic N) is 2. The number of carboxylic acid groups (broad SMARTS) is 1. The molecule has 0 saturated heterocycles. The summed E-state index contributed by atoms with van der Waals surface area (Å²) < 4.78 is 1.62. The van der Waals surface area contributed by atoms with Gasteiger partial charge in [0, 0.05) is 5.69 Å². The average molecular weight is 388 g/mol. The van der Waals surface area contributed by atoms with Crippen molar-refractivity contribution >= 4 is 23.4 Å². The van der Waals surface area contributed by atoms with Crippen molar-refractivity contribution in [3.05, 3.63) is 88.8 Å². The number of carbonyl (C=O) groups excluding carboxylic acids is 1. The number of amides is 1. The molecule has 2 aromatic carbocycles. The van der Waals surface area contributed by atoms with Crippen LogP contribution in [0.25, 0.3) is 0 Å². The van der Waals surface area contributed by atoms with Gasteiger partial charge in [0.15, 0.2) is 0 Å². The van der Waals surface area contributed by atoms with Gasteiger partial charge in [0.1, 0.15) is 17.1 Å². The van der Waals surface area contributed by atoms with Crippen molar-refractivity contribution in [1.82, 2.24) is 9.78 Å². The maximum absolute atomic E-state index is 12.9. The molecule has 29 heavy (non-hydrogen) atoms. The number of aliphatic carboxylic acids is 1. The van der Waals surface area contributed by atoms with Crippen molar-refractivity contribution in [2.75, 3.05) is 10.6 Å². The largest absolute Gasteiger partial charge is 0.477 e. The monoisotopic (exact) mass is 388 g/mol. The molecule has 7 nitrogen and oxygen atoms in total. The average Bonchev–Trinajstić information content (AvgIpc) is 3.15. The van der Waals surface area contributed by atoms with E-state index in [0.29, 0.717) is 11.5 Å². The molecule has 0 bridgehead atoms. The number of anilines is 2. The molecule has 1 aliphatic heterocycles. The second-order valence-electron chi connectivity index (χ2n) is 6.97. The van der Waals surface area contributed by atoms with Crippen molar-refractivity contribution in [3.8, 4) is 0 Å². The van der Waals surface area contributed by atoms with E-state index < -0.39 is 12.0 Å². The lowest BCUT2D eigenvalue weighted by Crippen LogP contribution is -2.25. The Morgan fingerprint density at radius 2 is 1.86 bits per heavy atom. The molecule has 0 aliphatic carbocycles. The van der Waals surface area contributed by atoms with E-state index >= 15 is 0 Å². The third-order valence-electron chi connectivity index (χ3n) is 5.02. The molecule has 3 N–H and O–H groups in total. The predicted molar refractivity (Wildman–Crippen MR) is 110 cm³/mol. The Labute approximate surface area is 167 Å². The zero-order chi connectivity index (χ0) is 20.5. The Kier molecular flexibility index (Phi) is 4.64. The van der Waals surface area contributed by atoms with Crippen LogP contribution >= 0.6 is 0 Å². The SMILES string of the molecule is Cc1ccc(NC(=O)c2cnn3c2NC(C(=O)O)=CC3c2ccccc2)cc1C. The lowest BCUT2D eigenvalue weighted by molar-refractivity contribution is -0.132. The highest BCUT2D eigenvalue weighted by Crippen LogP contribution is 2.32. The molecule has 146 valence electrons. The van der Waals surface area contributed by atoms with E-state index in [1.54, 1.807) is 10.8 Å². The van der Waals surface area contributed by atoms with Gasteiger partial charge in [0.2, 0.25) is 0 Å². The summed E-state index contributed by atoms with van der Waals surface area (Å²) >= 11 is 0. The highest BCUT2D eigenvalue weighted by Gasteiger charge is 2.29. The van der Waals surface area contributed by atoms with Crippen molar-refractivity contribution in [2.24, 2.45) is 0 Å². The quantitative estimate of drug-likeness (QED) is 0.633. The minimum Gasteiger partial charge on any atom is -0.477 e. The highest BCUT2D eigenvalue weighted by atomic mass is 16.4. The van der Waals surface area contributed by atoms with Crippen molar-refractivity contribution in [1.29, 1.82) is 0 Å². The summed E-state index contributed by atoms with van der Waals surface area (Å²) in [6.07, 6.45) is 3.04. The Balaban J connectivity index is 1.70. The lowest BCUT2D eigenvalue weighted by Gasteiger charge is -2.24. The fraction of sp³-hybridized carbons (Fsp3) is 0.136. The van der Waals surface area contributed by atoms with Gasteiger partial charge in [0.25, 0.3) is 5.91 Å². The number of carbonyl (C=O) groups is 2. The van der Waals surface area contributed by atoms with Gasteiger partial charge >= 0.3 is 5.97 Å². The molecule has 1 aromatic heterocycles. The van der Waals surface area contributed by atoms with Crippen LogP contribution in [0.1, 0.15) is 33.1 Å². The summed E-state index contributed by atoms with van der Waals surface area (Å²) in [6, 6.07) is 14.7. The normalized spacial score (nSPS) is 15.1. The predicted octanol–water partition coefficient (Wildman–Crippen LogP) is 3.74. The number of carboxylic acids is 1. The molecule has 1 aliphatic rings. The number of hydrogen-bond donors (Lipinski definition) is 3. The Hall–Kier alpha value is -3.87. The van der Waals surface area contributed by atoms with Crippen LogP contribution in [-0.2, 0) is 4.79 Å². The first-order valence-corrected chi connectivity index (χ1v) is 9.17. The number of hydrogen-bond acceptors (Lipinski definition) is 4. The van der Waals surface area contributed by atoms with Gasteiger partial charge in [0.05, 0.1) is 12.2 Å². The minimum absolute atomic E-state index is 0.00656. The van der Waals surface area contributed by atoms with Crippen LogP contribution in [-0.4, -0.2) is 26.8 Å². The Morgan fingerprint density at radius 1 is 1.10 bits per heavy atom. The number of benzene rings is 2. The summed E-state index contributed by atoms with van der Waals surface area (Å²) in [4.78, 5) is 24.5. The third kappa shape index (κ3) is 3.50. The number of rotatable bonds is 4. The molecule has 1 unspecified atom stereocenters. The van der Waals surface area contributed by atoms with E-state index in [1.807, 2.05) is 62.4 Å². The van der Waals surface area contributed by atoms with Crippen LogP contribution in [0.3, 0.4) is 0 Å². The lowest BCUT2D eigenvalue weighted by atomic mass is 10.0. The van der Waals surface area contributed by atoms with Gasteiger partial charge < -0.3 is 15.7 Å². The van der Waals surface area contributed by atoms with E-state index in [0.717, 1.165) is 16.7 Å². The number of allylic oxidation sites excluding steroid dienone is 1. The summed E-state index contributed by atoms with van der Waals surface area (Å²) in [5.74, 6) is -1.11. The molecular weight excluding hydrogens is 368 g/mol. The van der Waals surface area contributed by atoms with Gasteiger partial charge in [-0.15, -0.1) is 0 Å². The molecule has 3 aromatic rings. The van der Waals surface area contributed by atoms with Gasteiger partial charge in [-0.25, -0.2) is 9.48 Å². The number of fused-ring (bicyclic) bond motifs is 1. The van der Waals surface area contributed by atoms with E-state index in [4.69, 9.17) is 0 Å². The molecule has 0 fully saturated rings. The molecule has 2 heterocycles. The molecule has 0 spiro atoms. The van der Waals surface area contributed by atoms with E-state index in [9.17, 15) is 14.7 Å². The fourth-order valence-corrected chi connectivity index (χ4v) is 3.29. The molecule has 0 radical (unpaired) electrons. The first-order chi connectivity index (χ1) is 13.9. The molecule has 1 atom stereocenters. The maximum atomic E-state index is 12.9. The van der Waals surface area contributed by atoms with Crippen LogP contribution in [0.2, 0.25) is 0 Å². The number of aryl methyl sites for hydroxylation is 2. The van der Waals surface area contributed by atoms with Gasteiger partial charge in [-0.2, -0.15) is 5.10 Å². The summed E-state index contributed by atoms with van der Waals surface area (Å²) in [5, 5.41) is 19.6. The standard InChI is InChI=1S/C22H20N4O3/c1-13-8-9-16(10-14(13)2)24-21(27)17-12-23-26-19(15-6-4-3-5-7-15)11-18(22(28)29)25-20(17)26/h3-12,19,25H,1-2H3,(H,24,27)(H,28,29). The van der Waals surface area contributed by atoms with Crippen molar-refractivity contribution in [3.63, 3.8) is 0 Å². The molecule has 7 heteroatoms. The topological polar surface area (TPSA) is 96.3 Å². The van der Waals surface area contributed by atoms with Crippen LogP contribution in [0.4, 0.5) is 11.5 Å². The Morgan fingerprint density at radius 3 is 2.55 bits per heavy atom. The summed E-state index contributed by atoms with van der Waals surface area (Å²) in [7, 11) is 0. The second-order valence-corrected chi connectivity index (χ2v) is 6.97. The Bertz CT molecular complexity index is 1130. The molecular formula is C22H20N4O3. The first kappa shape index (κ1) is 18.5. The van der Waals surface area contributed by atoms with E-state index in [1.165, 1.54) is 6.20 Å². The number of nitrogens with one attached hydrogen (secondary N) is 2. The zero-order valence-electron chi connectivity index (χ0n) is 16.0. The van der Waals surface area contributed by atoms with Crippen molar-refractivity contribution < 1.29 is 14.7 Å². The van der Waals surface area contributed by atoms with Crippen LogP contribution in [0.5, 0.6) is 0 Å². The smallest absolute Gasteiger partial charge is 0.352 e. The van der Waals surface area contributed by atoms with Gasteiger partial charge in [-0.05, 0) is 48.7 Å². The number of aromatic nitrogens is 2. The molecule has 1 amide bonds. The van der Waals surface area contributed by atoms with Crippen LogP contribution in [0.15, 0.2) is 66.5 Å².